The smallest absolute Gasteiger partial charge is 0.237 e. The van der Waals surface area contributed by atoms with E-state index in [9.17, 15) is 4.79 Å². The van der Waals surface area contributed by atoms with Crippen LogP contribution in [-0.4, -0.2) is 42.8 Å². The minimum Gasteiger partial charge on any atom is -0.377 e. The molecule has 4 heteroatoms. The number of amides is 1. The molecule has 1 aliphatic rings. The van der Waals surface area contributed by atoms with Crippen LogP contribution in [0.3, 0.4) is 0 Å². The fraction of sp³-hybridized carbons (Fsp3) is 0.889. The number of nitrogens with zero attached hydrogens (tertiary/aromatic N) is 1. The molecule has 0 saturated carbocycles. The van der Waals surface area contributed by atoms with E-state index in [-0.39, 0.29) is 17.7 Å². The number of rotatable bonds is 3. The molecule has 0 aromatic rings. The van der Waals surface area contributed by atoms with Gasteiger partial charge in [0, 0.05) is 7.11 Å². The molecule has 1 fully saturated rings. The van der Waals surface area contributed by atoms with Gasteiger partial charge in [-0.15, -0.1) is 0 Å². The van der Waals surface area contributed by atoms with Gasteiger partial charge in [-0.3, -0.25) is 10.1 Å². The van der Waals surface area contributed by atoms with Gasteiger partial charge in [0.2, 0.25) is 5.91 Å². The van der Waals surface area contributed by atoms with Crippen molar-refractivity contribution in [1.29, 1.82) is 0 Å². The zero-order valence-electron chi connectivity index (χ0n) is 8.76. The van der Waals surface area contributed by atoms with E-state index in [0.29, 0.717) is 13.1 Å². The summed E-state index contributed by atoms with van der Waals surface area (Å²) in [5, 5.41) is 3.09. The third-order valence-corrected chi connectivity index (χ3v) is 2.44. The highest BCUT2D eigenvalue weighted by atomic mass is 16.5. The summed E-state index contributed by atoms with van der Waals surface area (Å²) in [6, 6.07) is 0. The number of nitrogens with one attached hydrogen (secondary N) is 1. The number of ether oxygens (including phenoxy) is 1. The molecular formula is C9H18N2O2. The highest BCUT2D eigenvalue weighted by Gasteiger charge is 2.31. The second kappa shape index (κ2) is 3.64. The van der Waals surface area contributed by atoms with E-state index >= 15 is 0 Å². The van der Waals surface area contributed by atoms with Crippen LogP contribution in [0.1, 0.15) is 20.8 Å². The van der Waals surface area contributed by atoms with E-state index in [0.717, 1.165) is 0 Å². The van der Waals surface area contributed by atoms with Crippen molar-refractivity contribution in [3.8, 4) is 0 Å². The number of hydrogen-bond acceptors (Lipinski definition) is 3. The summed E-state index contributed by atoms with van der Waals surface area (Å²) < 4.78 is 5.27. The van der Waals surface area contributed by atoms with Gasteiger partial charge in [-0.2, -0.15) is 0 Å². The van der Waals surface area contributed by atoms with Crippen molar-refractivity contribution in [2.75, 3.05) is 20.2 Å². The first-order valence-electron chi connectivity index (χ1n) is 4.54. The van der Waals surface area contributed by atoms with Crippen molar-refractivity contribution in [2.45, 2.75) is 32.5 Å². The summed E-state index contributed by atoms with van der Waals surface area (Å²) in [7, 11) is 1.67. The molecule has 0 bridgehead atoms. The second-order valence-corrected chi connectivity index (χ2v) is 4.04. The van der Waals surface area contributed by atoms with Gasteiger partial charge in [0.15, 0.2) is 0 Å². The maximum Gasteiger partial charge on any atom is 0.237 e. The SMILES string of the molecule is COC(C)(C)CN1C(=O)CNC1C. The van der Waals surface area contributed by atoms with Crippen molar-refractivity contribution in [3.05, 3.63) is 0 Å². The van der Waals surface area contributed by atoms with Gasteiger partial charge in [0.1, 0.15) is 0 Å². The lowest BCUT2D eigenvalue weighted by molar-refractivity contribution is -0.131. The van der Waals surface area contributed by atoms with Crippen LogP contribution in [0.2, 0.25) is 0 Å². The maximum absolute atomic E-state index is 11.4. The Kier molecular flexibility index (Phi) is 2.93. The van der Waals surface area contributed by atoms with Crippen LogP contribution >= 0.6 is 0 Å². The van der Waals surface area contributed by atoms with Gasteiger partial charge in [0.05, 0.1) is 24.9 Å². The molecule has 0 aromatic heterocycles. The minimum atomic E-state index is -0.268. The van der Waals surface area contributed by atoms with Crippen LogP contribution in [0.15, 0.2) is 0 Å². The summed E-state index contributed by atoms with van der Waals surface area (Å²) in [5.74, 6) is 0.151. The van der Waals surface area contributed by atoms with Crippen LogP contribution in [-0.2, 0) is 9.53 Å². The quantitative estimate of drug-likeness (QED) is 0.684. The third kappa shape index (κ3) is 2.42. The highest BCUT2D eigenvalue weighted by Crippen LogP contribution is 2.14. The predicted octanol–water partition coefficient (Wildman–Crippen LogP) is 0.189. The molecule has 0 aliphatic carbocycles. The minimum absolute atomic E-state index is 0.127. The Hall–Kier alpha value is -0.610. The Morgan fingerprint density at radius 1 is 1.69 bits per heavy atom. The van der Waals surface area contributed by atoms with Crippen molar-refractivity contribution in [2.24, 2.45) is 0 Å². The number of hydrogen-bond donors (Lipinski definition) is 1. The summed E-state index contributed by atoms with van der Waals surface area (Å²) in [4.78, 5) is 13.2. The molecule has 1 rings (SSSR count). The van der Waals surface area contributed by atoms with E-state index in [1.54, 1.807) is 7.11 Å². The van der Waals surface area contributed by atoms with Gasteiger partial charge in [-0.25, -0.2) is 0 Å². The summed E-state index contributed by atoms with van der Waals surface area (Å²) >= 11 is 0. The first-order chi connectivity index (χ1) is 5.96. The van der Waals surface area contributed by atoms with E-state index in [2.05, 4.69) is 5.32 Å². The second-order valence-electron chi connectivity index (χ2n) is 4.04. The summed E-state index contributed by atoms with van der Waals surface area (Å²) in [6.45, 7) is 7.02. The summed E-state index contributed by atoms with van der Waals surface area (Å²) in [5.41, 5.74) is -0.268. The Morgan fingerprint density at radius 2 is 2.31 bits per heavy atom. The molecule has 0 aromatic carbocycles. The Bertz CT molecular complexity index is 204. The third-order valence-electron chi connectivity index (χ3n) is 2.44. The fourth-order valence-corrected chi connectivity index (χ4v) is 1.36. The zero-order chi connectivity index (χ0) is 10.1. The van der Waals surface area contributed by atoms with Crippen LogP contribution in [0.5, 0.6) is 0 Å². The average Bonchev–Trinajstić information content (AvgIpc) is 2.36. The molecule has 0 radical (unpaired) electrons. The topological polar surface area (TPSA) is 41.6 Å². The average molecular weight is 186 g/mol. The number of carbonyl (C=O) groups is 1. The first kappa shape index (κ1) is 10.5. The van der Waals surface area contributed by atoms with Crippen molar-refractivity contribution < 1.29 is 9.53 Å². The highest BCUT2D eigenvalue weighted by molar-refractivity contribution is 5.80. The molecule has 1 saturated heterocycles. The van der Waals surface area contributed by atoms with E-state index in [1.165, 1.54) is 0 Å². The lowest BCUT2D eigenvalue weighted by atomic mass is 10.1. The standard InChI is InChI=1S/C9H18N2O2/c1-7-10-5-8(12)11(7)6-9(2,3)13-4/h7,10H,5-6H2,1-4H3. The molecule has 4 nitrogen and oxygen atoms in total. The van der Waals surface area contributed by atoms with Crippen LogP contribution in [0, 0.1) is 0 Å². The van der Waals surface area contributed by atoms with Gasteiger partial charge >= 0.3 is 0 Å². The molecule has 0 spiro atoms. The zero-order valence-corrected chi connectivity index (χ0v) is 8.76. The number of methoxy groups -OCH3 is 1. The normalized spacial score (nSPS) is 24.2. The van der Waals surface area contributed by atoms with Gasteiger partial charge in [0.25, 0.3) is 0 Å². The molecule has 1 unspecified atom stereocenters. The van der Waals surface area contributed by atoms with Crippen LogP contribution in [0.4, 0.5) is 0 Å². The molecule has 1 N–H and O–H groups in total. The lowest BCUT2D eigenvalue weighted by Crippen LogP contribution is -2.45. The molecular weight excluding hydrogens is 168 g/mol. The van der Waals surface area contributed by atoms with E-state index in [1.807, 2.05) is 25.7 Å². The van der Waals surface area contributed by atoms with Gasteiger partial charge in [-0.1, -0.05) is 0 Å². The first-order valence-corrected chi connectivity index (χ1v) is 4.54. The number of carbonyl (C=O) groups excluding carboxylic acids is 1. The van der Waals surface area contributed by atoms with Gasteiger partial charge in [-0.05, 0) is 20.8 Å². The maximum atomic E-state index is 11.4. The van der Waals surface area contributed by atoms with Crippen molar-refractivity contribution in [1.82, 2.24) is 10.2 Å². The molecule has 1 aliphatic heterocycles. The predicted molar refractivity (Wildman–Crippen MR) is 50.3 cm³/mol. The van der Waals surface area contributed by atoms with Crippen LogP contribution < -0.4 is 5.32 Å². The summed E-state index contributed by atoms with van der Waals surface area (Å²) in [6.07, 6.45) is 0.127. The molecule has 1 amide bonds. The molecule has 1 atom stereocenters. The van der Waals surface area contributed by atoms with Crippen LogP contribution in [0.25, 0.3) is 0 Å². The molecule has 76 valence electrons. The van der Waals surface area contributed by atoms with Gasteiger partial charge < -0.3 is 9.64 Å². The molecule has 1 heterocycles. The van der Waals surface area contributed by atoms with Crippen molar-refractivity contribution >= 4 is 5.91 Å². The van der Waals surface area contributed by atoms with E-state index < -0.39 is 0 Å². The Labute approximate surface area is 79.2 Å². The van der Waals surface area contributed by atoms with Crippen molar-refractivity contribution in [3.63, 3.8) is 0 Å². The lowest BCUT2D eigenvalue weighted by Gasteiger charge is -2.31. The monoisotopic (exact) mass is 186 g/mol. The Balaban J connectivity index is 2.57. The van der Waals surface area contributed by atoms with E-state index in [4.69, 9.17) is 4.74 Å². The Morgan fingerprint density at radius 3 is 2.69 bits per heavy atom. The molecule has 13 heavy (non-hydrogen) atoms. The fourth-order valence-electron chi connectivity index (χ4n) is 1.36. The largest absolute Gasteiger partial charge is 0.377 e.